The van der Waals surface area contributed by atoms with Crippen molar-refractivity contribution in [2.75, 3.05) is 0 Å². The van der Waals surface area contributed by atoms with Gasteiger partial charge in [-0.05, 0) is 103 Å². The van der Waals surface area contributed by atoms with Crippen LogP contribution in [0.15, 0.2) is 248 Å². The first-order valence-electron chi connectivity index (χ1n) is 37.2. The second-order valence-corrected chi connectivity index (χ2v) is 31.4. The summed E-state index contributed by atoms with van der Waals surface area (Å²) in [6.45, 7) is -0.302. The first-order chi connectivity index (χ1) is 53.8. The quantitative estimate of drug-likeness (QED) is 0.151. The van der Waals surface area contributed by atoms with Crippen LogP contribution in [0.5, 0.6) is 0 Å². The SMILES string of the molecule is Cn1c2ncccc2c2sc3[n+](c21)Cc1ccccc1-3.[2H]C([2H])([2H])[n+]1c2n(c3c4ncccc4sc31)Cc1ccccc1-2.[2H]C([2H])([2H])n1c2ncccc2c2sc3[n+](c21)Cc1ccccc1-3.c1ccc(-n2c3ncccc3c3sc4[n+](c32)Cc2ccccc2-4)cc1.c1ccc2c(c1)C[n+]1c-2sc2c3cccnc3oc21. The Labute approximate surface area is 621 Å². The molecular formula is C84H59N14OS5+5. The zero-order chi connectivity index (χ0) is 73.6. The van der Waals surface area contributed by atoms with Gasteiger partial charge in [-0.1, -0.05) is 166 Å². The van der Waals surface area contributed by atoms with Crippen LogP contribution in [0.1, 0.15) is 36.0 Å². The molecule has 5 aliphatic rings. The number of hydrogen-bond acceptors (Lipinski definition) is 11. The molecule has 5 aliphatic heterocycles. The van der Waals surface area contributed by atoms with Crippen molar-refractivity contribution >= 4 is 163 Å². The summed E-state index contributed by atoms with van der Waals surface area (Å²) in [5.74, 6) is 0.759. The first kappa shape index (κ1) is 54.0. The highest BCUT2D eigenvalue weighted by molar-refractivity contribution is 7.25. The second-order valence-electron chi connectivity index (χ2n) is 26.4. The van der Waals surface area contributed by atoms with Gasteiger partial charge >= 0.3 is 22.7 Å². The Morgan fingerprint density at radius 1 is 0.404 bits per heavy atom. The molecule has 0 saturated carbocycles. The molecular weight excluding hydrogens is 1380 g/mol. The number of thiophene rings is 1. The Hall–Kier alpha value is -11.8. The molecule has 0 bridgehead atoms. The molecule has 20 heterocycles. The van der Waals surface area contributed by atoms with Crippen molar-refractivity contribution < 1.29 is 35.5 Å². The highest BCUT2D eigenvalue weighted by Crippen LogP contribution is 2.45. The minimum absolute atomic E-state index is 0.528. The topological polar surface area (TPSA) is 117 Å². The van der Waals surface area contributed by atoms with Gasteiger partial charge in [0.05, 0.1) is 66.6 Å². The molecule has 0 radical (unpaired) electrons. The third kappa shape index (κ3) is 8.77. The predicted octanol–water partition coefficient (Wildman–Crippen LogP) is 17.2. The minimum Gasteiger partial charge on any atom is -0.384 e. The number of nitrogens with zero attached hydrogens (tertiary/aromatic N) is 14. The first-order valence-corrected chi connectivity index (χ1v) is 38.3. The average Bonchev–Trinajstić information content (AvgIpc) is 1.58. The monoisotopic (exact) mass is 1450 g/mol. The van der Waals surface area contributed by atoms with E-state index in [1.807, 2.05) is 108 Å². The van der Waals surface area contributed by atoms with E-state index in [2.05, 4.69) is 198 Å². The maximum absolute atomic E-state index is 8.02. The Morgan fingerprint density at radius 2 is 0.856 bits per heavy atom. The van der Waals surface area contributed by atoms with Gasteiger partial charge < -0.3 is 4.42 Å². The van der Waals surface area contributed by atoms with Crippen LogP contribution in [0.3, 0.4) is 0 Å². The van der Waals surface area contributed by atoms with Gasteiger partial charge in [0.15, 0.2) is 26.3 Å². The number of aromatic nitrogens is 14. The fourth-order valence-electron chi connectivity index (χ4n) is 16.1. The van der Waals surface area contributed by atoms with E-state index in [0.29, 0.717) is 18.7 Å². The second kappa shape index (κ2) is 23.1. The fourth-order valence-corrected chi connectivity index (χ4v) is 22.4. The Bertz CT molecular complexity index is 7430. The molecule has 0 atom stereocenters. The molecule has 26 rings (SSSR count). The zero-order valence-electron chi connectivity index (χ0n) is 61.3. The molecule has 0 N–H and O–H groups in total. The van der Waals surface area contributed by atoms with Crippen LogP contribution in [-0.2, 0) is 53.7 Å². The normalized spacial score (nSPS) is 14.0. The summed E-state index contributed by atoms with van der Waals surface area (Å²) in [6.07, 6.45) is 8.93. The summed E-state index contributed by atoms with van der Waals surface area (Å²) in [6, 6.07) is 72.9. The highest BCUT2D eigenvalue weighted by Gasteiger charge is 2.40. The van der Waals surface area contributed by atoms with E-state index in [9.17, 15) is 0 Å². The van der Waals surface area contributed by atoms with Crippen LogP contribution in [0, 0.1) is 0 Å². The van der Waals surface area contributed by atoms with Crippen molar-refractivity contribution in [1.82, 2.24) is 43.2 Å². The lowest BCUT2D eigenvalue weighted by atomic mass is 10.1. The summed E-state index contributed by atoms with van der Waals surface area (Å²) in [5, 5.41) is 9.62. The number of thiazole rings is 4. The lowest BCUT2D eigenvalue weighted by molar-refractivity contribution is -0.648. The highest BCUT2D eigenvalue weighted by atomic mass is 32.1. The van der Waals surface area contributed by atoms with Gasteiger partial charge in [0, 0.05) is 75.5 Å². The number of fused-ring (bicyclic) bond motifs is 35. The maximum Gasteiger partial charge on any atom is 0.395 e. The van der Waals surface area contributed by atoms with E-state index >= 15 is 0 Å². The molecule has 0 saturated heterocycles. The molecule has 104 heavy (non-hydrogen) atoms. The largest absolute Gasteiger partial charge is 0.395 e. The standard InChI is InChI=1S/C21H14N3S.3C16H12N3S.C15H9N2OS/c1-2-8-15(9-3-1)24-19-17(11-6-12-22-19)18-20(24)23-13-14-7-4-5-10-16(14)21(23)25-18;1-18-15-11-6-3-2-5-10(11)9-19(15)14-13-12(20-16(14)18)7-4-8-17-13;2*1-18-14-12(7-4-8-17-14)13-15(18)19-9-10-5-2-3-6-11(10)16(19)20-13;1-2-5-10-9(4-1)8-17-14-12(19-15(10)17)11-6-3-7-16-13(11)18-14/h1-12H,13H2;3*2-8H,9H2,1H3;1-7H,8H2/q5*+1/i;2*1D3;;. The molecule has 0 spiro atoms. The predicted molar refractivity (Wildman–Crippen MR) is 418 cm³/mol. The molecule has 0 aliphatic carbocycles. The molecule has 0 amide bonds. The minimum atomic E-state index is -2.26. The number of rotatable bonds is 1. The van der Waals surface area contributed by atoms with Crippen molar-refractivity contribution in [2.24, 2.45) is 21.0 Å². The number of benzene rings is 6. The summed E-state index contributed by atoms with van der Waals surface area (Å²) < 4.78 is 78.5. The number of imidazole rings is 1. The van der Waals surface area contributed by atoms with Crippen molar-refractivity contribution in [3.63, 3.8) is 0 Å². The van der Waals surface area contributed by atoms with Crippen LogP contribution in [-0.4, -0.2) is 43.2 Å². The fraction of sp³-hybridized carbons (Fsp3) is 0.0952. The van der Waals surface area contributed by atoms with Gasteiger partial charge in [-0.2, -0.15) is 4.57 Å². The van der Waals surface area contributed by atoms with Gasteiger partial charge in [0.1, 0.15) is 51.5 Å². The molecule has 0 unspecified atom stereocenters. The van der Waals surface area contributed by atoms with Crippen LogP contribution < -0.4 is 22.8 Å². The van der Waals surface area contributed by atoms with Crippen LogP contribution >= 0.6 is 56.7 Å². The Morgan fingerprint density at radius 3 is 1.45 bits per heavy atom. The zero-order valence-corrected chi connectivity index (χ0v) is 59.4. The lowest BCUT2D eigenvalue weighted by Gasteiger charge is -2.00. The van der Waals surface area contributed by atoms with Gasteiger partial charge in [0.2, 0.25) is 33.0 Å². The van der Waals surface area contributed by atoms with Crippen molar-refractivity contribution in [3.05, 3.63) is 271 Å². The number of furan rings is 1. The smallest absolute Gasteiger partial charge is 0.384 e. The molecule has 496 valence electrons. The Balaban J connectivity index is 0.0000000850. The van der Waals surface area contributed by atoms with E-state index in [0.717, 1.165) is 112 Å². The molecule has 15 nitrogen and oxygen atoms in total. The summed E-state index contributed by atoms with van der Waals surface area (Å²) in [4.78, 5) is 23.1. The van der Waals surface area contributed by atoms with E-state index in [4.69, 9.17) is 17.6 Å². The van der Waals surface area contributed by atoms with E-state index in [-0.39, 0.29) is 0 Å². The van der Waals surface area contributed by atoms with Gasteiger partial charge in [-0.3, -0.25) is 4.98 Å². The third-order valence-electron chi connectivity index (χ3n) is 20.6. The Kier molecular flexibility index (Phi) is 12.0. The maximum atomic E-state index is 8.02. The van der Waals surface area contributed by atoms with Crippen LogP contribution in [0.25, 0.3) is 166 Å². The van der Waals surface area contributed by atoms with E-state index in [1.165, 1.54) is 116 Å². The molecule has 6 aromatic carbocycles. The molecule has 0 fully saturated rings. The van der Waals surface area contributed by atoms with Gasteiger partial charge in [-0.25, -0.2) is 51.9 Å². The van der Waals surface area contributed by atoms with Crippen LogP contribution in [0.2, 0.25) is 0 Å². The van der Waals surface area contributed by atoms with E-state index in [1.54, 1.807) is 41.3 Å². The van der Waals surface area contributed by atoms with E-state index < -0.39 is 14.0 Å². The average molecular weight is 1450 g/mol. The van der Waals surface area contributed by atoms with Gasteiger partial charge in [0.25, 0.3) is 10.8 Å². The van der Waals surface area contributed by atoms with Gasteiger partial charge in [-0.15, -0.1) is 4.57 Å². The summed E-state index contributed by atoms with van der Waals surface area (Å²) in [7, 11) is 2.11. The number of pyridine rings is 5. The summed E-state index contributed by atoms with van der Waals surface area (Å²) >= 11 is 8.69. The number of hydrogen-bond donors (Lipinski definition) is 0. The van der Waals surface area contributed by atoms with Crippen molar-refractivity contribution in [1.29, 1.82) is 0 Å². The lowest BCUT2D eigenvalue weighted by Crippen LogP contribution is -2.32. The third-order valence-corrected chi connectivity index (χ3v) is 26.7. The molecule has 21 aromatic rings. The number of aryl methyl sites for hydroxylation is 3. The summed E-state index contributed by atoms with van der Waals surface area (Å²) in [5.41, 5.74) is 23.4. The van der Waals surface area contributed by atoms with Crippen molar-refractivity contribution in [3.8, 4) is 59.4 Å². The van der Waals surface area contributed by atoms with Crippen LogP contribution in [0.4, 0.5) is 0 Å². The molecule has 20 heteroatoms. The number of para-hydroxylation sites is 1. The molecule has 15 aromatic heterocycles. The van der Waals surface area contributed by atoms with Crippen molar-refractivity contribution in [2.45, 2.75) is 32.7 Å².